The number of anilines is 3. The summed E-state index contributed by atoms with van der Waals surface area (Å²) in [5.41, 5.74) is 0.260. The van der Waals surface area contributed by atoms with Crippen LogP contribution in [0.1, 0.15) is 53.4 Å². The van der Waals surface area contributed by atoms with Gasteiger partial charge in [0.15, 0.2) is 24.3 Å². The van der Waals surface area contributed by atoms with Gasteiger partial charge in [0.1, 0.15) is 18.4 Å². The molecule has 1 aromatic heterocycles. The van der Waals surface area contributed by atoms with Gasteiger partial charge in [-0.05, 0) is 12.8 Å². The Hall–Kier alpha value is -3.88. The number of esters is 3. The van der Waals surface area contributed by atoms with Gasteiger partial charge < -0.3 is 44.9 Å². The van der Waals surface area contributed by atoms with Gasteiger partial charge in [0, 0.05) is 40.8 Å². The number of rotatable bonds is 13. The summed E-state index contributed by atoms with van der Waals surface area (Å²) in [7, 11) is 0. The van der Waals surface area contributed by atoms with Gasteiger partial charge in [-0.2, -0.15) is 9.97 Å². The quantitative estimate of drug-likeness (QED) is 0.151. The van der Waals surface area contributed by atoms with Crippen LogP contribution in [0.3, 0.4) is 0 Å². The van der Waals surface area contributed by atoms with Gasteiger partial charge in [-0.3, -0.25) is 19.2 Å². The Labute approximate surface area is 225 Å². The molecule has 0 radical (unpaired) electrons. The van der Waals surface area contributed by atoms with Crippen molar-refractivity contribution >= 4 is 41.3 Å². The fourth-order valence-electron chi connectivity index (χ4n) is 4.34. The highest BCUT2D eigenvalue weighted by atomic mass is 16.7. The lowest BCUT2D eigenvalue weighted by atomic mass is 10.1. The Bertz CT molecular complexity index is 1060. The van der Waals surface area contributed by atoms with E-state index in [2.05, 4.69) is 25.9 Å². The molecular weight excluding hydrogens is 516 g/mol. The van der Waals surface area contributed by atoms with E-state index in [1.54, 1.807) is 4.90 Å². The van der Waals surface area contributed by atoms with Crippen LogP contribution in [0.5, 0.6) is 5.88 Å². The minimum Gasteiger partial charge on any atom is -0.492 e. The van der Waals surface area contributed by atoms with Crippen LogP contribution in [0.2, 0.25) is 0 Å². The first-order valence-corrected chi connectivity index (χ1v) is 12.8. The third-order valence-corrected chi connectivity index (χ3v) is 5.98. The number of hydrogen-bond acceptors (Lipinski definition) is 14. The SMILES string of the molecule is CC(=O)NCCCCCCNc1nc(O)c2c(n1)N(C1O[C@H](COC(C)=O)[C@H](OC(C)=O)C1OC(C)=O)CN2. The molecule has 3 rings (SSSR count). The number of aromatic hydroxyl groups is 1. The third kappa shape index (κ3) is 8.30. The number of fused-ring (bicyclic) bond motifs is 1. The molecule has 1 fully saturated rings. The highest BCUT2D eigenvalue weighted by molar-refractivity contribution is 5.77. The van der Waals surface area contributed by atoms with Crippen molar-refractivity contribution in [1.82, 2.24) is 15.3 Å². The van der Waals surface area contributed by atoms with E-state index in [1.165, 1.54) is 27.7 Å². The van der Waals surface area contributed by atoms with Gasteiger partial charge >= 0.3 is 17.9 Å². The zero-order chi connectivity index (χ0) is 28.5. The Morgan fingerprint density at radius 1 is 0.974 bits per heavy atom. The largest absolute Gasteiger partial charge is 0.492 e. The van der Waals surface area contributed by atoms with Crippen LogP contribution in [-0.2, 0) is 38.1 Å². The normalized spacial score (nSPS) is 21.5. The van der Waals surface area contributed by atoms with Crippen molar-refractivity contribution in [3.63, 3.8) is 0 Å². The monoisotopic (exact) mass is 552 g/mol. The van der Waals surface area contributed by atoms with E-state index >= 15 is 0 Å². The Kier molecular flexibility index (Phi) is 10.5. The molecule has 2 aliphatic rings. The molecule has 0 bridgehead atoms. The van der Waals surface area contributed by atoms with Crippen LogP contribution in [0, 0.1) is 0 Å². The van der Waals surface area contributed by atoms with Crippen LogP contribution in [0.4, 0.5) is 17.5 Å². The van der Waals surface area contributed by atoms with E-state index in [9.17, 15) is 24.3 Å². The highest BCUT2D eigenvalue weighted by Gasteiger charge is 2.53. The van der Waals surface area contributed by atoms with Gasteiger partial charge in [0.05, 0.1) is 6.67 Å². The number of nitrogens with one attached hydrogen (secondary N) is 3. The second-order valence-corrected chi connectivity index (χ2v) is 9.21. The van der Waals surface area contributed by atoms with E-state index in [0.29, 0.717) is 13.1 Å². The molecule has 15 nitrogen and oxygen atoms in total. The molecule has 1 amide bonds. The number of hydrogen-bond donors (Lipinski definition) is 4. The van der Waals surface area contributed by atoms with E-state index in [1.807, 2.05) is 0 Å². The second-order valence-electron chi connectivity index (χ2n) is 9.21. The number of aromatic nitrogens is 2. The van der Waals surface area contributed by atoms with Crippen LogP contribution in [0.15, 0.2) is 0 Å². The standard InChI is InChI=1S/C24H36N6O9/c1-13(31)25-9-7-5-6-8-10-26-24-28-21-18(22(35)29-24)27-12-30(21)23-20(38-16(4)34)19(37-15(3)33)17(39-23)11-36-14(2)32/h17,19-20,23,27H,5-12H2,1-4H3,(H,25,31)(H2,26,28,29,35)/t17-,19+,20?,23?/m1/s1. The van der Waals surface area contributed by atoms with Gasteiger partial charge in [-0.1, -0.05) is 12.8 Å². The predicted molar refractivity (Wildman–Crippen MR) is 137 cm³/mol. The first-order chi connectivity index (χ1) is 18.6. The molecule has 2 unspecified atom stereocenters. The minimum absolute atomic E-state index is 0.0437. The Morgan fingerprint density at radius 3 is 2.28 bits per heavy atom. The lowest BCUT2D eigenvalue weighted by molar-refractivity contribution is -0.165. The highest BCUT2D eigenvalue weighted by Crippen LogP contribution is 2.41. The van der Waals surface area contributed by atoms with Crippen molar-refractivity contribution < 1.29 is 43.2 Å². The average molecular weight is 553 g/mol. The number of ether oxygens (including phenoxy) is 4. The number of carbonyl (C=O) groups excluding carboxylic acids is 4. The number of unbranched alkanes of at least 4 members (excludes halogenated alkanes) is 3. The first kappa shape index (κ1) is 29.7. The number of carbonyl (C=O) groups is 4. The van der Waals surface area contributed by atoms with Crippen molar-refractivity contribution in [2.75, 3.05) is 41.9 Å². The summed E-state index contributed by atoms with van der Waals surface area (Å²) in [6.07, 6.45) is -0.458. The fourth-order valence-corrected chi connectivity index (χ4v) is 4.34. The number of nitrogens with zero attached hydrogens (tertiary/aromatic N) is 3. The van der Waals surface area contributed by atoms with Crippen molar-refractivity contribution in [3.8, 4) is 5.88 Å². The lowest BCUT2D eigenvalue weighted by Gasteiger charge is -2.29. The van der Waals surface area contributed by atoms with E-state index < -0.39 is 42.4 Å². The van der Waals surface area contributed by atoms with Crippen molar-refractivity contribution in [1.29, 1.82) is 0 Å². The molecule has 1 aromatic rings. The molecule has 0 aliphatic carbocycles. The zero-order valence-electron chi connectivity index (χ0n) is 22.5. The molecule has 39 heavy (non-hydrogen) atoms. The molecule has 4 atom stereocenters. The van der Waals surface area contributed by atoms with Gasteiger partial charge in [-0.15, -0.1) is 0 Å². The van der Waals surface area contributed by atoms with Gasteiger partial charge in [0.25, 0.3) is 0 Å². The number of amides is 1. The lowest BCUT2D eigenvalue weighted by Crippen LogP contribution is -2.47. The summed E-state index contributed by atoms with van der Waals surface area (Å²) in [6, 6.07) is 0. The van der Waals surface area contributed by atoms with Gasteiger partial charge in [-0.25, -0.2) is 0 Å². The molecule has 4 N–H and O–H groups in total. The van der Waals surface area contributed by atoms with Crippen molar-refractivity contribution in [2.45, 2.75) is 77.9 Å². The summed E-state index contributed by atoms with van der Waals surface area (Å²) in [6.45, 7) is 6.23. The third-order valence-electron chi connectivity index (χ3n) is 5.98. The smallest absolute Gasteiger partial charge is 0.303 e. The maximum atomic E-state index is 11.9. The molecule has 0 spiro atoms. The Balaban J connectivity index is 1.72. The molecule has 15 heteroatoms. The fraction of sp³-hybridized carbons (Fsp3) is 0.667. The van der Waals surface area contributed by atoms with Crippen LogP contribution in [0.25, 0.3) is 0 Å². The first-order valence-electron chi connectivity index (χ1n) is 12.8. The van der Waals surface area contributed by atoms with E-state index in [-0.39, 0.29) is 42.5 Å². The molecule has 216 valence electrons. The summed E-state index contributed by atoms with van der Waals surface area (Å²) < 4.78 is 22.1. The summed E-state index contributed by atoms with van der Waals surface area (Å²) in [5, 5.41) is 19.4. The average Bonchev–Trinajstić information content (AvgIpc) is 3.40. The Morgan fingerprint density at radius 2 is 1.64 bits per heavy atom. The van der Waals surface area contributed by atoms with Crippen LogP contribution in [-0.4, -0.2) is 89.8 Å². The van der Waals surface area contributed by atoms with E-state index in [0.717, 1.165) is 25.7 Å². The molecule has 2 aliphatic heterocycles. The minimum atomic E-state index is -1.08. The molecule has 0 aromatic carbocycles. The van der Waals surface area contributed by atoms with Gasteiger partial charge in [0.2, 0.25) is 17.7 Å². The summed E-state index contributed by atoms with van der Waals surface area (Å²) in [5.74, 6) is -1.66. The van der Waals surface area contributed by atoms with Crippen molar-refractivity contribution in [3.05, 3.63) is 0 Å². The zero-order valence-corrected chi connectivity index (χ0v) is 22.5. The summed E-state index contributed by atoms with van der Waals surface area (Å²) >= 11 is 0. The van der Waals surface area contributed by atoms with Crippen LogP contribution < -0.4 is 20.9 Å². The maximum Gasteiger partial charge on any atom is 0.303 e. The molecule has 1 saturated heterocycles. The van der Waals surface area contributed by atoms with Crippen molar-refractivity contribution in [2.24, 2.45) is 0 Å². The molecular formula is C24H36N6O9. The topological polar surface area (TPSA) is 191 Å². The maximum absolute atomic E-state index is 11.9. The molecule has 3 heterocycles. The van der Waals surface area contributed by atoms with E-state index in [4.69, 9.17) is 18.9 Å². The predicted octanol–water partition coefficient (Wildman–Crippen LogP) is 0.631. The van der Waals surface area contributed by atoms with Crippen LogP contribution >= 0.6 is 0 Å². The second kappa shape index (κ2) is 13.8. The summed E-state index contributed by atoms with van der Waals surface area (Å²) in [4.78, 5) is 56.3. The molecule has 0 saturated carbocycles.